The van der Waals surface area contributed by atoms with E-state index in [2.05, 4.69) is 0 Å². The van der Waals surface area contributed by atoms with Crippen molar-refractivity contribution in [3.05, 3.63) is 29.3 Å². The lowest BCUT2D eigenvalue weighted by atomic mass is 9.98. The largest absolute Gasteiger partial charge is 0.497 e. The van der Waals surface area contributed by atoms with Crippen LogP contribution in [0.3, 0.4) is 0 Å². The highest BCUT2D eigenvalue weighted by Crippen LogP contribution is 2.24. The summed E-state index contributed by atoms with van der Waals surface area (Å²) in [6.45, 7) is 2.44. The standard InChI is InChI=1S/C13H19NO3/c1-9(13(15)16)11-5-10(8-14(2)3)6-12(7-11)17-4/h5-7,9H,8H2,1-4H3,(H,15,16). The highest BCUT2D eigenvalue weighted by atomic mass is 16.5. The Hall–Kier alpha value is -1.55. The summed E-state index contributed by atoms with van der Waals surface area (Å²) >= 11 is 0. The Balaban J connectivity index is 3.08. The fraction of sp³-hybridized carbons (Fsp3) is 0.462. The van der Waals surface area contributed by atoms with Gasteiger partial charge in [0.05, 0.1) is 13.0 Å². The van der Waals surface area contributed by atoms with E-state index >= 15 is 0 Å². The zero-order chi connectivity index (χ0) is 13.0. The molecule has 1 unspecified atom stereocenters. The third kappa shape index (κ3) is 3.75. The van der Waals surface area contributed by atoms with Gasteiger partial charge < -0.3 is 14.7 Å². The molecule has 0 aliphatic rings. The summed E-state index contributed by atoms with van der Waals surface area (Å²) in [6.07, 6.45) is 0. The topological polar surface area (TPSA) is 49.8 Å². The molecule has 0 spiro atoms. The summed E-state index contributed by atoms with van der Waals surface area (Å²) in [5, 5.41) is 9.02. The molecule has 1 aromatic carbocycles. The van der Waals surface area contributed by atoms with Crippen molar-refractivity contribution in [1.29, 1.82) is 0 Å². The van der Waals surface area contributed by atoms with Crippen LogP contribution in [0.15, 0.2) is 18.2 Å². The lowest BCUT2D eigenvalue weighted by Crippen LogP contribution is -2.12. The second-order valence-corrected chi connectivity index (χ2v) is 4.41. The van der Waals surface area contributed by atoms with Crippen LogP contribution in [0, 0.1) is 0 Å². The first-order valence-corrected chi connectivity index (χ1v) is 5.49. The minimum Gasteiger partial charge on any atom is -0.497 e. The van der Waals surface area contributed by atoms with Gasteiger partial charge in [-0.05, 0) is 44.3 Å². The number of hydrogen-bond acceptors (Lipinski definition) is 3. The van der Waals surface area contributed by atoms with Gasteiger partial charge in [0.15, 0.2) is 0 Å². The number of methoxy groups -OCH3 is 1. The van der Waals surface area contributed by atoms with Gasteiger partial charge >= 0.3 is 5.97 Å². The van der Waals surface area contributed by atoms with Gasteiger partial charge in [-0.3, -0.25) is 4.79 Å². The van der Waals surface area contributed by atoms with Gasteiger partial charge in [0, 0.05) is 6.54 Å². The van der Waals surface area contributed by atoms with Gasteiger partial charge in [-0.2, -0.15) is 0 Å². The number of benzene rings is 1. The first kappa shape index (κ1) is 13.5. The van der Waals surface area contributed by atoms with Gasteiger partial charge in [-0.1, -0.05) is 6.07 Å². The van der Waals surface area contributed by atoms with Crippen molar-refractivity contribution in [3.63, 3.8) is 0 Å². The summed E-state index contributed by atoms with van der Waals surface area (Å²) in [6, 6.07) is 5.62. The summed E-state index contributed by atoms with van der Waals surface area (Å²) in [5.74, 6) is -0.646. The number of hydrogen-bond donors (Lipinski definition) is 1. The number of carboxylic acid groups (broad SMARTS) is 1. The molecule has 17 heavy (non-hydrogen) atoms. The maximum atomic E-state index is 11.0. The molecule has 0 heterocycles. The molecule has 0 saturated carbocycles. The zero-order valence-corrected chi connectivity index (χ0v) is 10.7. The molecule has 0 saturated heterocycles. The van der Waals surface area contributed by atoms with Crippen LogP contribution in [0.4, 0.5) is 0 Å². The van der Waals surface area contributed by atoms with E-state index in [-0.39, 0.29) is 0 Å². The molecule has 1 atom stereocenters. The van der Waals surface area contributed by atoms with Crippen LogP contribution in [-0.2, 0) is 11.3 Å². The minimum atomic E-state index is -0.825. The second kappa shape index (κ2) is 5.68. The van der Waals surface area contributed by atoms with E-state index in [0.717, 1.165) is 17.7 Å². The van der Waals surface area contributed by atoms with Crippen LogP contribution in [0.2, 0.25) is 0 Å². The first-order valence-electron chi connectivity index (χ1n) is 5.49. The smallest absolute Gasteiger partial charge is 0.310 e. The average Bonchev–Trinajstić information content (AvgIpc) is 2.26. The summed E-state index contributed by atoms with van der Waals surface area (Å²) in [5.41, 5.74) is 1.83. The molecular formula is C13H19NO3. The van der Waals surface area contributed by atoms with E-state index in [1.807, 2.05) is 31.1 Å². The van der Waals surface area contributed by atoms with Crippen LogP contribution in [0.1, 0.15) is 24.0 Å². The Bertz CT molecular complexity index is 402. The van der Waals surface area contributed by atoms with Gasteiger partial charge in [-0.15, -0.1) is 0 Å². The Morgan fingerprint density at radius 2 is 2.06 bits per heavy atom. The fourth-order valence-corrected chi connectivity index (χ4v) is 1.65. The summed E-state index contributed by atoms with van der Waals surface area (Å²) in [4.78, 5) is 13.0. The van der Waals surface area contributed by atoms with Crippen LogP contribution in [0.25, 0.3) is 0 Å². The molecule has 0 radical (unpaired) electrons. The monoisotopic (exact) mass is 237 g/mol. The van der Waals surface area contributed by atoms with E-state index in [4.69, 9.17) is 9.84 Å². The Morgan fingerprint density at radius 3 is 2.53 bits per heavy atom. The van der Waals surface area contributed by atoms with E-state index in [1.165, 1.54) is 0 Å². The lowest BCUT2D eigenvalue weighted by molar-refractivity contribution is -0.138. The van der Waals surface area contributed by atoms with Crippen LogP contribution >= 0.6 is 0 Å². The van der Waals surface area contributed by atoms with Crippen LogP contribution < -0.4 is 4.74 Å². The van der Waals surface area contributed by atoms with Crippen molar-refractivity contribution in [2.75, 3.05) is 21.2 Å². The first-order chi connectivity index (χ1) is 7.93. The van der Waals surface area contributed by atoms with E-state index in [9.17, 15) is 4.79 Å². The number of rotatable bonds is 5. The highest BCUT2D eigenvalue weighted by Gasteiger charge is 2.15. The van der Waals surface area contributed by atoms with Crippen molar-refractivity contribution in [2.45, 2.75) is 19.4 Å². The maximum absolute atomic E-state index is 11.0. The second-order valence-electron chi connectivity index (χ2n) is 4.41. The normalized spacial score (nSPS) is 12.5. The van der Waals surface area contributed by atoms with Crippen LogP contribution in [0.5, 0.6) is 5.75 Å². The number of aliphatic carboxylic acids is 1. The predicted molar refractivity (Wildman–Crippen MR) is 66.4 cm³/mol. The fourth-order valence-electron chi connectivity index (χ4n) is 1.65. The molecule has 1 rings (SSSR count). The molecular weight excluding hydrogens is 218 g/mol. The van der Waals surface area contributed by atoms with Gasteiger partial charge in [0.25, 0.3) is 0 Å². The lowest BCUT2D eigenvalue weighted by Gasteiger charge is -2.14. The molecule has 4 heteroatoms. The third-order valence-electron chi connectivity index (χ3n) is 2.59. The average molecular weight is 237 g/mol. The SMILES string of the molecule is COc1cc(CN(C)C)cc(C(C)C(=O)O)c1. The molecule has 94 valence electrons. The Morgan fingerprint density at radius 1 is 1.41 bits per heavy atom. The van der Waals surface area contributed by atoms with Gasteiger partial charge in [-0.25, -0.2) is 0 Å². The van der Waals surface area contributed by atoms with Crippen molar-refractivity contribution < 1.29 is 14.6 Å². The Kier molecular flexibility index (Phi) is 4.52. The molecule has 0 fully saturated rings. The van der Waals surface area contributed by atoms with Crippen molar-refractivity contribution in [1.82, 2.24) is 4.90 Å². The van der Waals surface area contributed by atoms with Crippen molar-refractivity contribution in [2.24, 2.45) is 0 Å². The molecule has 0 aliphatic carbocycles. The van der Waals surface area contributed by atoms with E-state index in [0.29, 0.717) is 5.75 Å². The predicted octanol–water partition coefficient (Wildman–Crippen LogP) is 1.94. The number of ether oxygens (including phenoxy) is 1. The van der Waals surface area contributed by atoms with E-state index < -0.39 is 11.9 Å². The van der Waals surface area contributed by atoms with Gasteiger partial charge in [0.1, 0.15) is 5.75 Å². The number of carbonyl (C=O) groups is 1. The molecule has 1 aromatic rings. The van der Waals surface area contributed by atoms with Crippen molar-refractivity contribution in [3.8, 4) is 5.75 Å². The Labute approximate surface area is 102 Å². The van der Waals surface area contributed by atoms with E-state index in [1.54, 1.807) is 20.1 Å². The third-order valence-corrected chi connectivity index (χ3v) is 2.59. The van der Waals surface area contributed by atoms with Crippen LogP contribution in [-0.4, -0.2) is 37.2 Å². The highest BCUT2D eigenvalue weighted by molar-refractivity contribution is 5.75. The maximum Gasteiger partial charge on any atom is 0.310 e. The molecule has 0 aliphatic heterocycles. The van der Waals surface area contributed by atoms with Crippen molar-refractivity contribution >= 4 is 5.97 Å². The summed E-state index contributed by atoms with van der Waals surface area (Å²) in [7, 11) is 5.53. The van der Waals surface area contributed by atoms with Gasteiger partial charge in [0.2, 0.25) is 0 Å². The molecule has 0 bridgehead atoms. The molecule has 0 amide bonds. The minimum absolute atomic E-state index is 0.522. The molecule has 1 N–H and O–H groups in total. The molecule has 0 aromatic heterocycles. The quantitative estimate of drug-likeness (QED) is 0.850. The summed E-state index contributed by atoms with van der Waals surface area (Å²) < 4.78 is 5.20. The number of carboxylic acids is 1. The zero-order valence-electron chi connectivity index (χ0n) is 10.7. The number of nitrogens with zero attached hydrogens (tertiary/aromatic N) is 1. The molecule has 4 nitrogen and oxygen atoms in total.